The maximum atomic E-state index is 11.8. The van der Waals surface area contributed by atoms with Gasteiger partial charge in [-0.3, -0.25) is 0 Å². The first kappa shape index (κ1) is 13.4. The summed E-state index contributed by atoms with van der Waals surface area (Å²) in [4.78, 5) is 0.156. The van der Waals surface area contributed by atoms with Crippen LogP contribution in [0.25, 0.3) is 0 Å². The second-order valence-electron chi connectivity index (χ2n) is 3.74. The van der Waals surface area contributed by atoms with Crippen LogP contribution < -0.4 is 10.5 Å². The van der Waals surface area contributed by atoms with Crippen molar-refractivity contribution >= 4 is 21.6 Å². The van der Waals surface area contributed by atoms with Crippen LogP contribution in [0.3, 0.4) is 0 Å². The van der Waals surface area contributed by atoms with Gasteiger partial charge in [0.2, 0.25) is 10.0 Å². The van der Waals surface area contributed by atoms with Crippen molar-refractivity contribution in [1.82, 2.24) is 4.72 Å². The number of sulfonamides is 1. The van der Waals surface area contributed by atoms with Crippen LogP contribution in [0.5, 0.6) is 0 Å². The summed E-state index contributed by atoms with van der Waals surface area (Å²) in [5, 5.41) is 0.434. The van der Waals surface area contributed by atoms with E-state index in [1.807, 2.05) is 6.92 Å². The molecule has 6 heteroatoms. The van der Waals surface area contributed by atoms with E-state index in [0.29, 0.717) is 5.02 Å². The van der Waals surface area contributed by atoms with Crippen molar-refractivity contribution in [1.29, 1.82) is 0 Å². The van der Waals surface area contributed by atoms with Gasteiger partial charge in [0.1, 0.15) is 0 Å². The SMILES string of the molecule is Cc1ccc(S(=O)(=O)NC[C@@H](C)N)cc1Cl. The normalized spacial score (nSPS) is 13.8. The summed E-state index contributed by atoms with van der Waals surface area (Å²) in [7, 11) is -3.51. The predicted octanol–water partition coefficient (Wildman–Crippen LogP) is 1.27. The van der Waals surface area contributed by atoms with Crippen LogP contribution in [0.15, 0.2) is 23.1 Å². The summed E-state index contributed by atoms with van der Waals surface area (Å²) in [6.07, 6.45) is 0. The van der Waals surface area contributed by atoms with E-state index in [1.54, 1.807) is 13.0 Å². The third-order valence-corrected chi connectivity index (χ3v) is 3.88. The number of benzene rings is 1. The molecule has 90 valence electrons. The van der Waals surface area contributed by atoms with Gasteiger partial charge in [-0.05, 0) is 31.5 Å². The topological polar surface area (TPSA) is 72.2 Å². The van der Waals surface area contributed by atoms with Crippen molar-refractivity contribution in [3.05, 3.63) is 28.8 Å². The van der Waals surface area contributed by atoms with Gasteiger partial charge in [0.05, 0.1) is 4.90 Å². The fourth-order valence-electron chi connectivity index (χ4n) is 1.07. The lowest BCUT2D eigenvalue weighted by atomic mass is 10.2. The van der Waals surface area contributed by atoms with Gasteiger partial charge in [-0.15, -0.1) is 0 Å². The monoisotopic (exact) mass is 262 g/mol. The highest BCUT2D eigenvalue weighted by Crippen LogP contribution is 2.19. The Kier molecular flexibility index (Phi) is 4.32. The molecular formula is C10H15ClN2O2S. The highest BCUT2D eigenvalue weighted by molar-refractivity contribution is 7.89. The van der Waals surface area contributed by atoms with Crippen molar-refractivity contribution in [3.63, 3.8) is 0 Å². The van der Waals surface area contributed by atoms with Gasteiger partial charge in [0, 0.05) is 17.6 Å². The van der Waals surface area contributed by atoms with Gasteiger partial charge >= 0.3 is 0 Å². The number of hydrogen-bond acceptors (Lipinski definition) is 3. The zero-order valence-electron chi connectivity index (χ0n) is 9.20. The summed E-state index contributed by atoms with van der Waals surface area (Å²) in [5.74, 6) is 0. The number of halogens is 1. The quantitative estimate of drug-likeness (QED) is 0.858. The molecule has 0 spiro atoms. The molecule has 1 aromatic carbocycles. The molecule has 0 heterocycles. The molecule has 0 amide bonds. The Morgan fingerprint density at radius 2 is 2.12 bits per heavy atom. The van der Waals surface area contributed by atoms with Crippen molar-refractivity contribution in [2.75, 3.05) is 6.54 Å². The minimum atomic E-state index is -3.51. The molecule has 0 aromatic heterocycles. The van der Waals surface area contributed by atoms with Crippen LogP contribution in [-0.4, -0.2) is 21.0 Å². The highest BCUT2D eigenvalue weighted by atomic mass is 35.5. The molecule has 0 bridgehead atoms. The number of hydrogen-bond donors (Lipinski definition) is 2. The molecule has 0 unspecified atom stereocenters. The minimum absolute atomic E-state index is 0.156. The van der Waals surface area contributed by atoms with Gasteiger partial charge in [0.15, 0.2) is 0 Å². The van der Waals surface area contributed by atoms with Crippen molar-refractivity contribution in [2.24, 2.45) is 5.73 Å². The van der Waals surface area contributed by atoms with Crippen LogP contribution in [0.4, 0.5) is 0 Å². The maximum Gasteiger partial charge on any atom is 0.240 e. The van der Waals surface area contributed by atoms with Gasteiger partial charge in [-0.25, -0.2) is 13.1 Å². The third kappa shape index (κ3) is 3.45. The van der Waals surface area contributed by atoms with Gasteiger partial charge in [0.25, 0.3) is 0 Å². The number of nitrogens with one attached hydrogen (secondary N) is 1. The van der Waals surface area contributed by atoms with E-state index in [4.69, 9.17) is 17.3 Å². The van der Waals surface area contributed by atoms with Crippen LogP contribution in [0.2, 0.25) is 5.02 Å². The van der Waals surface area contributed by atoms with Crippen molar-refractivity contribution in [3.8, 4) is 0 Å². The fourth-order valence-corrected chi connectivity index (χ4v) is 2.48. The number of rotatable bonds is 4. The predicted molar refractivity (Wildman–Crippen MR) is 65.0 cm³/mol. The average Bonchev–Trinajstić information content (AvgIpc) is 2.19. The number of nitrogens with two attached hydrogens (primary N) is 1. The molecule has 0 saturated heterocycles. The maximum absolute atomic E-state index is 11.8. The Balaban J connectivity index is 2.94. The molecule has 1 rings (SSSR count). The summed E-state index contributed by atoms with van der Waals surface area (Å²) >= 11 is 5.87. The molecule has 4 nitrogen and oxygen atoms in total. The standard InChI is InChI=1S/C10H15ClN2O2S/c1-7-3-4-9(5-10(7)11)16(14,15)13-6-8(2)12/h3-5,8,13H,6,12H2,1-2H3/t8-/m1/s1. The molecule has 0 radical (unpaired) electrons. The van der Waals surface area contributed by atoms with Gasteiger partial charge in [-0.2, -0.15) is 0 Å². The summed E-state index contributed by atoms with van der Waals surface area (Å²) in [6.45, 7) is 3.74. The molecule has 0 saturated carbocycles. The Morgan fingerprint density at radius 3 is 2.62 bits per heavy atom. The van der Waals surface area contributed by atoms with Crippen molar-refractivity contribution in [2.45, 2.75) is 24.8 Å². The average molecular weight is 263 g/mol. The largest absolute Gasteiger partial charge is 0.327 e. The van der Waals surface area contributed by atoms with E-state index in [0.717, 1.165) is 5.56 Å². The molecule has 0 aliphatic rings. The molecule has 0 aliphatic heterocycles. The molecule has 0 fully saturated rings. The van der Waals surface area contributed by atoms with E-state index >= 15 is 0 Å². The van der Waals surface area contributed by atoms with Gasteiger partial charge < -0.3 is 5.73 Å². The summed E-state index contributed by atoms with van der Waals surface area (Å²) < 4.78 is 26.0. The van der Waals surface area contributed by atoms with Crippen LogP contribution in [0.1, 0.15) is 12.5 Å². The Morgan fingerprint density at radius 1 is 1.50 bits per heavy atom. The first-order valence-electron chi connectivity index (χ1n) is 4.84. The van der Waals surface area contributed by atoms with E-state index in [-0.39, 0.29) is 17.5 Å². The Bertz CT molecular complexity index is 472. The van der Waals surface area contributed by atoms with E-state index < -0.39 is 10.0 Å². The molecule has 1 aromatic rings. The second-order valence-corrected chi connectivity index (χ2v) is 5.91. The molecular weight excluding hydrogens is 248 g/mol. The lowest BCUT2D eigenvalue weighted by Crippen LogP contribution is -2.35. The number of aryl methyl sites for hydroxylation is 1. The highest BCUT2D eigenvalue weighted by Gasteiger charge is 2.14. The van der Waals surface area contributed by atoms with Gasteiger partial charge in [-0.1, -0.05) is 17.7 Å². The smallest absolute Gasteiger partial charge is 0.240 e. The zero-order valence-corrected chi connectivity index (χ0v) is 10.8. The van der Waals surface area contributed by atoms with Crippen LogP contribution >= 0.6 is 11.6 Å². The molecule has 16 heavy (non-hydrogen) atoms. The Labute approximate surface area is 101 Å². The van der Waals surface area contributed by atoms with E-state index in [1.165, 1.54) is 12.1 Å². The lowest BCUT2D eigenvalue weighted by Gasteiger charge is -2.09. The second kappa shape index (κ2) is 5.14. The summed E-state index contributed by atoms with van der Waals surface area (Å²) in [6, 6.07) is 4.39. The fraction of sp³-hybridized carbons (Fsp3) is 0.400. The van der Waals surface area contributed by atoms with E-state index in [2.05, 4.69) is 4.72 Å². The van der Waals surface area contributed by atoms with Crippen LogP contribution in [-0.2, 0) is 10.0 Å². The summed E-state index contributed by atoms with van der Waals surface area (Å²) in [5.41, 5.74) is 6.32. The third-order valence-electron chi connectivity index (χ3n) is 2.05. The van der Waals surface area contributed by atoms with E-state index in [9.17, 15) is 8.42 Å². The lowest BCUT2D eigenvalue weighted by molar-refractivity contribution is 0.574. The van der Waals surface area contributed by atoms with Crippen molar-refractivity contribution < 1.29 is 8.42 Å². The molecule has 3 N–H and O–H groups in total. The zero-order chi connectivity index (χ0) is 12.3. The first-order chi connectivity index (χ1) is 7.33. The minimum Gasteiger partial charge on any atom is -0.327 e. The Hall–Kier alpha value is -0.620. The first-order valence-corrected chi connectivity index (χ1v) is 6.70. The molecule has 1 atom stereocenters. The molecule has 0 aliphatic carbocycles. The van der Waals surface area contributed by atoms with Crippen LogP contribution in [0, 0.1) is 6.92 Å².